The molecule has 1 aromatic heterocycles. The van der Waals surface area contributed by atoms with E-state index in [9.17, 15) is 5.11 Å². The van der Waals surface area contributed by atoms with Crippen LogP contribution < -0.4 is 0 Å². The van der Waals surface area contributed by atoms with E-state index in [1.807, 2.05) is 18.2 Å². The topological polar surface area (TPSA) is 33.1 Å². The van der Waals surface area contributed by atoms with Crippen molar-refractivity contribution in [1.29, 1.82) is 0 Å². The Morgan fingerprint density at radius 1 is 0.615 bits per heavy atom. The average molecular weight is 358 g/mol. The molecule has 0 saturated carbocycles. The molecule has 0 aliphatic heterocycles. The zero-order chi connectivity index (χ0) is 16.8. The van der Waals surface area contributed by atoms with Crippen LogP contribution in [0, 0.1) is 0 Å². The second-order valence-corrected chi connectivity index (χ2v) is 6.27. The summed E-state index contributed by atoms with van der Waals surface area (Å²) in [5.74, 6) is 0.235. The van der Waals surface area contributed by atoms with Gasteiger partial charge in [-0.3, -0.25) is 0 Å². The summed E-state index contributed by atoms with van der Waals surface area (Å²) in [6, 6.07) is 28.5. The molecular weight excluding hydrogens is 342 g/mol. The summed E-state index contributed by atoms with van der Waals surface area (Å²) in [5, 5.41) is 14.4. The zero-order valence-corrected chi connectivity index (χ0v) is 14.7. The highest BCUT2D eigenvalue weighted by Crippen LogP contribution is 2.37. The number of hydrogen-bond acceptors (Lipinski definition) is 2. The molecule has 0 atom stereocenters. The van der Waals surface area contributed by atoms with Crippen molar-refractivity contribution in [3.63, 3.8) is 0 Å². The van der Waals surface area contributed by atoms with Gasteiger partial charge in [-0.1, -0.05) is 54.6 Å². The molecule has 126 valence electrons. The summed E-state index contributed by atoms with van der Waals surface area (Å²) < 4.78 is 0. The molecule has 1 N–H and O–H groups in total. The molecule has 4 aromatic carbocycles. The molecule has 0 radical (unpaired) electrons. The van der Waals surface area contributed by atoms with E-state index in [0.717, 1.165) is 32.9 Å². The van der Waals surface area contributed by atoms with Gasteiger partial charge in [0.2, 0.25) is 0 Å². The average Bonchev–Trinajstić information content (AvgIpc) is 2.65. The number of phenolic OH excluding ortho intramolecular Hbond substituents is 1. The van der Waals surface area contributed by atoms with E-state index in [0.29, 0.717) is 0 Å². The van der Waals surface area contributed by atoms with Gasteiger partial charge in [0.1, 0.15) is 5.75 Å². The molecule has 0 bridgehead atoms. The number of rotatable bonds is 1. The second-order valence-electron chi connectivity index (χ2n) is 6.27. The summed E-state index contributed by atoms with van der Waals surface area (Å²) in [6.07, 6.45) is 0. The lowest BCUT2D eigenvalue weighted by Crippen LogP contribution is -1.89. The van der Waals surface area contributed by atoms with E-state index < -0.39 is 0 Å². The predicted molar refractivity (Wildman–Crippen MR) is 111 cm³/mol. The third-order valence-corrected chi connectivity index (χ3v) is 4.69. The Balaban J connectivity index is 0.00000168. The Morgan fingerprint density at radius 2 is 1.27 bits per heavy atom. The standard InChI is InChI=1S/C23H15NO.ClH/c25-18-10-11-19-22(14-18)24-21-13-17-9-5-4-8-16(17)12-20(21)23(19)15-6-2-1-3-7-15;/h1-14,25H;1H. The van der Waals surface area contributed by atoms with Gasteiger partial charge in [0.15, 0.2) is 0 Å². The van der Waals surface area contributed by atoms with Crippen LogP contribution in [0.2, 0.25) is 0 Å². The summed E-state index contributed by atoms with van der Waals surface area (Å²) in [4.78, 5) is 4.81. The van der Waals surface area contributed by atoms with Crippen molar-refractivity contribution in [1.82, 2.24) is 4.98 Å². The molecular formula is C23H16ClNO. The first-order valence-corrected chi connectivity index (χ1v) is 8.30. The van der Waals surface area contributed by atoms with Gasteiger partial charge >= 0.3 is 0 Å². The smallest absolute Gasteiger partial charge is 0.117 e. The Morgan fingerprint density at radius 3 is 2.04 bits per heavy atom. The number of fused-ring (bicyclic) bond motifs is 3. The first-order valence-electron chi connectivity index (χ1n) is 8.30. The minimum atomic E-state index is 0. The van der Waals surface area contributed by atoms with Crippen molar-refractivity contribution >= 4 is 45.0 Å². The fourth-order valence-electron chi connectivity index (χ4n) is 3.54. The van der Waals surface area contributed by atoms with Gasteiger partial charge in [0.05, 0.1) is 11.0 Å². The number of hydrogen-bond donors (Lipinski definition) is 1. The van der Waals surface area contributed by atoms with E-state index >= 15 is 0 Å². The van der Waals surface area contributed by atoms with Gasteiger partial charge < -0.3 is 5.11 Å². The lowest BCUT2D eigenvalue weighted by Gasteiger charge is -2.12. The maximum absolute atomic E-state index is 9.90. The highest BCUT2D eigenvalue weighted by Gasteiger charge is 2.12. The SMILES string of the molecule is Cl.Oc1ccc2c(-c3ccccc3)c3cc4ccccc4cc3nc2c1. The molecule has 5 aromatic rings. The highest BCUT2D eigenvalue weighted by molar-refractivity contribution is 6.13. The summed E-state index contributed by atoms with van der Waals surface area (Å²) in [6.45, 7) is 0. The van der Waals surface area contributed by atoms with Crippen LogP contribution in [0.25, 0.3) is 43.7 Å². The number of aromatic hydroxyl groups is 1. The molecule has 2 nitrogen and oxygen atoms in total. The number of nitrogens with zero attached hydrogens (tertiary/aromatic N) is 1. The molecule has 0 unspecified atom stereocenters. The van der Waals surface area contributed by atoms with Crippen molar-refractivity contribution in [2.75, 3.05) is 0 Å². The van der Waals surface area contributed by atoms with Crippen LogP contribution in [0.4, 0.5) is 0 Å². The quantitative estimate of drug-likeness (QED) is 0.355. The van der Waals surface area contributed by atoms with Gasteiger partial charge in [-0.2, -0.15) is 0 Å². The van der Waals surface area contributed by atoms with Crippen molar-refractivity contribution in [2.24, 2.45) is 0 Å². The minimum absolute atomic E-state index is 0. The van der Waals surface area contributed by atoms with E-state index in [-0.39, 0.29) is 18.2 Å². The van der Waals surface area contributed by atoms with Crippen molar-refractivity contribution in [3.8, 4) is 16.9 Å². The lowest BCUT2D eigenvalue weighted by atomic mass is 9.94. The van der Waals surface area contributed by atoms with Crippen molar-refractivity contribution in [3.05, 3.63) is 84.9 Å². The van der Waals surface area contributed by atoms with Gasteiger partial charge in [-0.15, -0.1) is 12.4 Å². The maximum Gasteiger partial charge on any atom is 0.117 e. The summed E-state index contributed by atoms with van der Waals surface area (Å²) in [7, 11) is 0. The van der Waals surface area contributed by atoms with E-state index in [2.05, 4.69) is 54.6 Å². The molecule has 0 aliphatic carbocycles. The van der Waals surface area contributed by atoms with E-state index in [4.69, 9.17) is 4.98 Å². The van der Waals surface area contributed by atoms with Gasteiger partial charge in [0, 0.05) is 22.4 Å². The molecule has 5 rings (SSSR count). The van der Waals surface area contributed by atoms with Crippen LogP contribution in [0.1, 0.15) is 0 Å². The van der Waals surface area contributed by atoms with Crippen molar-refractivity contribution < 1.29 is 5.11 Å². The third kappa shape index (κ3) is 2.56. The van der Waals surface area contributed by atoms with Crippen LogP contribution in [0.5, 0.6) is 5.75 Å². The fraction of sp³-hybridized carbons (Fsp3) is 0. The first-order chi connectivity index (χ1) is 12.3. The Bertz CT molecular complexity index is 1250. The molecule has 0 spiro atoms. The second kappa shape index (κ2) is 6.32. The van der Waals surface area contributed by atoms with Crippen LogP contribution in [0.3, 0.4) is 0 Å². The summed E-state index contributed by atoms with van der Waals surface area (Å²) >= 11 is 0. The number of aromatic nitrogens is 1. The first kappa shape index (κ1) is 16.4. The molecule has 0 fully saturated rings. The molecule has 26 heavy (non-hydrogen) atoms. The third-order valence-electron chi connectivity index (χ3n) is 4.69. The predicted octanol–water partition coefficient (Wildman–Crippen LogP) is 6.34. The Kier molecular flexibility index (Phi) is 3.98. The summed E-state index contributed by atoms with van der Waals surface area (Å²) in [5.41, 5.74) is 4.06. The molecule has 3 heteroatoms. The van der Waals surface area contributed by atoms with Gasteiger partial charge in [0.25, 0.3) is 0 Å². The van der Waals surface area contributed by atoms with Crippen LogP contribution in [0.15, 0.2) is 84.9 Å². The molecule has 1 heterocycles. The molecule has 0 saturated heterocycles. The molecule has 0 aliphatic rings. The largest absolute Gasteiger partial charge is 0.508 e. The number of pyridine rings is 1. The van der Waals surface area contributed by atoms with E-state index in [1.165, 1.54) is 10.8 Å². The van der Waals surface area contributed by atoms with Gasteiger partial charge in [-0.05, 0) is 40.6 Å². The van der Waals surface area contributed by atoms with Crippen LogP contribution in [-0.2, 0) is 0 Å². The maximum atomic E-state index is 9.90. The number of halogens is 1. The Hall–Kier alpha value is -3.10. The van der Waals surface area contributed by atoms with E-state index in [1.54, 1.807) is 12.1 Å². The Labute approximate surface area is 157 Å². The van der Waals surface area contributed by atoms with Gasteiger partial charge in [-0.25, -0.2) is 4.98 Å². The lowest BCUT2D eigenvalue weighted by molar-refractivity contribution is 0.476. The monoisotopic (exact) mass is 357 g/mol. The minimum Gasteiger partial charge on any atom is -0.508 e. The number of phenols is 1. The normalized spacial score (nSPS) is 10.9. The molecule has 0 amide bonds. The zero-order valence-electron chi connectivity index (χ0n) is 13.9. The van der Waals surface area contributed by atoms with Crippen molar-refractivity contribution in [2.45, 2.75) is 0 Å². The number of benzene rings is 4. The van der Waals surface area contributed by atoms with Crippen LogP contribution in [-0.4, -0.2) is 10.1 Å². The fourth-order valence-corrected chi connectivity index (χ4v) is 3.54. The van der Waals surface area contributed by atoms with Crippen LogP contribution >= 0.6 is 12.4 Å². The highest BCUT2D eigenvalue weighted by atomic mass is 35.5.